The Balaban J connectivity index is 3.73. The summed E-state index contributed by atoms with van der Waals surface area (Å²) in [5.41, 5.74) is 0. The van der Waals surface area contributed by atoms with Gasteiger partial charge in [0, 0.05) is 12.1 Å². The lowest BCUT2D eigenvalue weighted by atomic mass is 10.1. The zero-order valence-corrected chi connectivity index (χ0v) is 11.0. The maximum absolute atomic E-state index is 11.5. The highest BCUT2D eigenvalue weighted by Gasteiger charge is 2.12. The van der Waals surface area contributed by atoms with Gasteiger partial charge in [-0.1, -0.05) is 26.2 Å². The van der Waals surface area contributed by atoms with Crippen molar-refractivity contribution < 1.29 is 14.7 Å². The first kappa shape index (κ1) is 15.7. The number of unbranched alkanes of at least 4 members (excludes halogenated alkanes) is 2. The van der Waals surface area contributed by atoms with Gasteiger partial charge in [0.25, 0.3) is 0 Å². The molecule has 0 aromatic rings. The van der Waals surface area contributed by atoms with Crippen molar-refractivity contribution in [2.75, 3.05) is 0 Å². The lowest BCUT2D eigenvalue weighted by molar-refractivity contribution is -0.137. The Kier molecular flexibility index (Phi) is 8.19. The monoisotopic (exact) mass is 244 g/mol. The van der Waals surface area contributed by atoms with E-state index in [1.54, 1.807) is 6.92 Å². The number of carbonyl (C=O) groups excluding carboxylic acids is 1. The third kappa shape index (κ3) is 9.66. The number of hydrogen-bond acceptors (Lipinski definition) is 2. The van der Waals surface area contributed by atoms with Crippen molar-refractivity contribution in [3.05, 3.63) is 0 Å². The quantitative estimate of drug-likeness (QED) is 0.572. The largest absolute Gasteiger partial charge is 0.481 e. The van der Waals surface area contributed by atoms with Crippen LogP contribution in [0.25, 0.3) is 0 Å². The molecule has 0 aliphatic carbocycles. The summed E-state index contributed by atoms with van der Waals surface area (Å²) in [4.78, 5) is 21.9. The highest BCUT2D eigenvalue weighted by molar-refractivity contribution is 5.75. The predicted octanol–water partition coefficient (Wildman–Crippen LogP) is 2.12. The molecule has 5 heteroatoms. The van der Waals surface area contributed by atoms with Gasteiger partial charge in [0.1, 0.15) is 0 Å². The number of hydrogen-bond donors (Lipinski definition) is 3. The molecule has 100 valence electrons. The van der Waals surface area contributed by atoms with E-state index >= 15 is 0 Å². The second-order valence-corrected chi connectivity index (χ2v) is 4.51. The smallest absolute Gasteiger partial charge is 0.315 e. The van der Waals surface area contributed by atoms with E-state index in [0.29, 0.717) is 0 Å². The number of amides is 2. The fraction of sp³-hybridized carbons (Fsp3) is 0.833. The van der Waals surface area contributed by atoms with Crippen LogP contribution in [-0.4, -0.2) is 29.2 Å². The fourth-order valence-corrected chi connectivity index (χ4v) is 1.57. The Labute approximate surface area is 103 Å². The molecule has 0 rings (SSSR count). The van der Waals surface area contributed by atoms with Crippen molar-refractivity contribution in [1.29, 1.82) is 0 Å². The highest BCUT2D eigenvalue weighted by atomic mass is 16.4. The van der Waals surface area contributed by atoms with E-state index in [-0.39, 0.29) is 24.5 Å². The molecule has 0 fully saturated rings. The molecule has 0 spiro atoms. The molecule has 2 atom stereocenters. The van der Waals surface area contributed by atoms with Crippen LogP contribution in [0, 0.1) is 0 Å². The van der Waals surface area contributed by atoms with Gasteiger partial charge >= 0.3 is 12.0 Å². The normalized spacial score (nSPS) is 13.8. The van der Waals surface area contributed by atoms with Gasteiger partial charge in [-0.05, 0) is 20.3 Å². The summed E-state index contributed by atoms with van der Waals surface area (Å²) in [5.74, 6) is -0.909. The van der Waals surface area contributed by atoms with E-state index in [9.17, 15) is 9.59 Å². The van der Waals surface area contributed by atoms with Gasteiger partial charge in [-0.15, -0.1) is 0 Å². The van der Waals surface area contributed by atoms with Crippen molar-refractivity contribution in [3.63, 3.8) is 0 Å². The van der Waals surface area contributed by atoms with Crippen LogP contribution in [-0.2, 0) is 4.79 Å². The lowest BCUT2D eigenvalue weighted by Crippen LogP contribution is -2.45. The first-order valence-corrected chi connectivity index (χ1v) is 6.24. The van der Waals surface area contributed by atoms with Gasteiger partial charge in [-0.25, -0.2) is 4.79 Å². The second kappa shape index (κ2) is 8.84. The van der Waals surface area contributed by atoms with E-state index in [0.717, 1.165) is 19.3 Å². The Hall–Kier alpha value is -1.26. The van der Waals surface area contributed by atoms with Gasteiger partial charge in [-0.3, -0.25) is 4.79 Å². The zero-order valence-electron chi connectivity index (χ0n) is 11.0. The van der Waals surface area contributed by atoms with Crippen molar-refractivity contribution in [1.82, 2.24) is 10.6 Å². The molecule has 0 heterocycles. The van der Waals surface area contributed by atoms with E-state index in [2.05, 4.69) is 17.6 Å². The SMILES string of the molecule is CCCCCC(C)NC(=O)NC(C)CC(=O)O. The molecule has 0 aromatic heterocycles. The first-order chi connectivity index (χ1) is 7.95. The van der Waals surface area contributed by atoms with Crippen LogP contribution in [0.4, 0.5) is 4.79 Å². The Morgan fingerprint density at radius 2 is 1.71 bits per heavy atom. The van der Waals surface area contributed by atoms with Gasteiger partial charge in [0.2, 0.25) is 0 Å². The number of carboxylic acid groups (broad SMARTS) is 1. The number of aliphatic carboxylic acids is 1. The summed E-state index contributed by atoms with van der Waals surface area (Å²) in [6.07, 6.45) is 4.33. The van der Waals surface area contributed by atoms with E-state index in [1.807, 2.05) is 6.92 Å². The molecular formula is C12H24N2O3. The first-order valence-electron chi connectivity index (χ1n) is 6.24. The van der Waals surface area contributed by atoms with Gasteiger partial charge in [0.15, 0.2) is 0 Å². The molecule has 0 saturated carbocycles. The molecule has 0 bridgehead atoms. The number of carbonyl (C=O) groups is 2. The third-order valence-corrected chi connectivity index (χ3v) is 2.48. The average molecular weight is 244 g/mol. The minimum atomic E-state index is -0.909. The minimum Gasteiger partial charge on any atom is -0.481 e. The van der Waals surface area contributed by atoms with E-state index < -0.39 is 5.97 Å². The van der Waals surface area contributed by atoms with Gasteiger partial charge in [-0.2, -0.15) is 0 Å². The molecule has 0 aliphatic rings. The standard InChI is InChI=1S/C12H24N2O3/c1-4-5-6-7-9(2)13-12(17)14-10(3)8-11(15)16/h9-10H,4-8H2,1-3H3,(H,15,16)(H2,13,14,17). The molecule has 0 aliphatic heterocycles. The van der Waals surface area contributed by atoms with Gasteiger partial charge in [0.05, 0.1) is 6.42 Å². The molecular weight excluding hydrogens is 220 g/mol. The third-order valence-electron chi connectivity index (χ3n) is 2.48. The molecule has 0 saturated heterocycles. The van der Waals surface area contributed by atoms with E-state index in [4.69, 9.17) is 5.11 Å². The number of carboxylic acids is 1. The van der Waals surface area contributed by atoms with Crippen LogP contribution >= 0.6 is 0 Å². The average Bonchev–Trinajstić information content (AvgIpc) is 2.15. The number of rotatable bonds is 8. The van der Waals surface area contributed by atoms with Crippen LogP contribution in [0.1, 0.15) is 52.9 Å². The van der Waals surface area contributed by atoms with Crippen LogP contribution in [0.5, 0.6) is 0 Å². The number of urea groups is 1. The lowest BCUT2D eigenvalue weighted by Gasteiger charge is -2.17. The summed E-state index contributed by atoms with van der Waals surface area (Å²) in [5, 5.41) is 14.0. The van der Waals surface area contributed by atoms with Crippen molar-refractivity contribution in [3.8, 4) is 0 Å². The van der Waals surface area contributed by atoms with Crippen LogP contribution in [0.3, 0.4) is 0 Å². The summed E-state index contributed by atoms with van der Waals surface area (Å²) < 4.78 is 0. The van der Waals surface area contributed by atoms with Crippen LogP contribution in [0.2, 0.25) is 0 Å². The van der Waals surface area contributed by atoms with Crippen LogP contribution in [0.15, 0.2) is 0 Å². The second-order valence-electron chi connectivity index (χ2n) is 4.51. The van der Waals surface area contributed by atoms with E-state index in [1.165, 1.54) is 6.42 Å². The Morgan fingerprint density at radius 3 is 2.24 bits per heavy atom. The number of nitrogens with one attached hydrogen (secondary N) is 2. The van der Waals surface area contributed by atoms with Crippen molar-refractivity contribution >= 4 is 12.0 Å². The Morgan fingerprint density at radius 1 is 1.12 bits per heavy atom. The minimum absolute atomic E-state index is 0.0579. The summed E-state index contributed by atoms with van der Waals surface area (Å²) in [7, 11) is 0. The maximum Gasteiger partial charge on any atom is 0.315 e. The van der Waals surface area contributed by atoms with Crippen LogP contribution < -0.4 is 10.6 Å². The predicted molar refractivity (Wildman–Crippen MR) is 67.0 cm³/mol. The molecule has 5 nitrogen and oxygen atoms in total. The summed E-state index contributed by atoms with van der Waals surface area (Å²) in [6, 6.07) is -0.517. The molecule has 3 N–H and O–H groups in total. The van der Waals surface area contributed by atoms with Crippen molar-refractivity contribution in [2.45, 2.75) is 65.0 Å². The Bertz CT molecular complexity index is 244. The molecule has 2 amide bonds. The maximum atomic E-state index is 11.5. The summed E-state index contributed by atoms with van der Waals surface area (Å²) in [6.45, 7) is 5.77. The zero-order chi connectivity index (χ0) is 13.3. The fourth-order valence-electron chi connectivity index (χ4n) is 1.57. The highest BCUT2D eigenvalue weighted by Crippen LogP contribution is 2.02. The molecule has 17 heavy (non-hydrogen) atoms. The summed E-state index contributed by atoms with van der Waals surface area (Å²) >= 11 is 0. The molecule has 0 radical (unpaired) electrons. The topological polar surface area (TPSA) is 78.4 Å². The van der Waals surface area contributed by atoms with Crippen molar-refractivity contribution in [2.24, 2.45) is 0 Å². The van der Waals surface area contributed by atoms with Gasteiger partial charge < -0.3 is 15.7 Å². The molecule has 0 aromatic carbocycles. The molecule has 2 unspecified atom stereocenters.